The number of nitrogens with one attached hydrogen (secondary N) is 1. The minimum absolute atomic E-state index is 0.838. The molecule has 2 heterocycles. The predicted molar refractivity (Wildman–Crippen MR) is 58.3 cm³/mol. The van der Waals surface area contributed by atoms with Crippen LogP contribution in [0.25, 0.3) is 0 Å². The van der Waals surface area contributed by atoms with Crippen LogP contribution in [-0.4, -0.2) is 36.1 Å². The first-order valence-electron chi connectivity index (χ1n) is 6.35. The van der Waals surface area contributed by atoms with E-state index in [9.17, 15) is 0 Å². The average molecular weight is 194 g/mol. The largest absolute Gasteiger partial charge is 0.312 e. The van der Waals surface area contributed by atoms with Gasteiger partial charge in [0, 0.05) is 24.7 Å². The van der Waals surface area contributed by atoms with Crippen molar-refractivity contribution in [2.75, 3.05) is 13.1 Å². The number of rotatable bonds is 0. The van der Waals surface area contributed by atoms with E-state index in [1.54, 1.807) is 0 Å². The maximum absolute atomic E-state index is 3.80. The Kier molecular flexibility index (Phi) is 2.29. The average Bonchev–Trinajstić information content (AvgIpc) is 2.81. The zero-order valence-electron chi connectivity index (χ0n) is 9.21. The first kappa shape index (κ1) is 9.17. The van der Waals surface area contributed by atoms with Gasteiger partial charge in [0.1, 0.15) is 0 Å². The van der Waals surface area contributed by atoms with Crippen molar-refractivity contribution >= 4 is 0 Å². The van der Waals surface area contributed by atoms with Crippen LogP contribution < -0.4 is 5.32 Å². The van der Waals surface area contributed by atoms with Crippen molar-refractivity contribution in [3.05, 3.63) is 0 Å². The van der Waals surface area contributed by atoms with Gasteiger partial charge in [-0.1, -0.05) is 6.42 Å². The van der Waals surface area contributed by atoms with Crippen molar-refractivity contribution in [1.82, 2.24) is 10.2 Å². The molecule has 4 atom stereocenters. The summed E-state index contributed by atoms with van der Waals surface area (Å²) in [7, 11) is 0. The molecule has 0 aromatic heterocycles. The van der Waals surface area contributed by atoms with E-state index in [2.05, 4.69) is 17.1 Å². The highest BCUT2D eigenvalue weighted by molar-refractivity contribution is 4.98. The zero-order valence-corrected chi connectivity index (χ0v) is 9.21. The molecule has 3 fully saturated rings. The number of nitrogens with zero attached hydrogens (tertiary/aromatic N) is 1. The van der Waals surface area contributed by atoms with Crippen LogP contribution in [0, 0.1) is 5.92 Å². The minimum atomic E-state index is 0.838. The highest BCUT2D eigenvalue weighted by Gasteiger charge is 2.40. The summed E-state index contributed by atoms with van der Waals surface area (Å²) in [4.78, 5) is 2.78. The Morgan fingerprint density at radius 2 is 2.07 bits per heavy atom. The molecule has 0 amide bonds. The zero-order chi connectivity index (χ0) is 9.54. The second-order valence-electron chi connectivity index (χ2n) is 5.38. The standard InChI is InChI=1S/C12H22N2/c1-9-11-5-2-6-12(11)13-8-10-4-3-7-14(9)10/h9-13H,2-8H2,1H3. The third kappa shape index (κ3) is 1.31. The van der Waals surface area contributed by atoms with Gasteiger partial charge >= 0.3 is 0 Å². The number of fused-ring (bicyclic) bond motifs is 2. The first-order valence-corrected chi connectivity index (χ1v) is 6.35. The minimum Gasteiger partial charge on any atom is -0.312 e. The van der Waals surface area contributed by atoms with E-state index >= 15 is 0 Å². The van der Waals surface area contributed by atoms with Crippen molar-refractivity contribution in [3.63, 3.8) is 0 Å². The normalized spacial score (nSPS) is 48.6. The Balaban J connectivity index is 1.81. The van der Waals surface area contributed by atoms with Gasteiger partial charge in [-0.15, -0.1) is 0 Å². The van der Waals surface area contributed by atoms with Crippen molar-refractivity contribution in [1.29, 1.82) is 0 Å². The molecule has 1 N–H and O–H groups in total. The van der Waals surface area contributed by atoms with Gasteiger partial charge in [0.25, 0.3) is 0 Å². The van der Waals surface area contributed by atoms with Crippen molar-refractivity contribution in [2.45, 2.75) is 57.2 Å². The summed E-state index contributed by atoms with van der Waals surface area (Å²) in [6, 6.07) is 2.54. The lowest BCUT2D eigenvalue weighted by Gasteiger charge is -2.32. The Labute approximate surface area is 87.0 Å². The molecule has 14 heavy (non-hydrogen) atoms. The van der Waals surface area contributed by atoms with Gasteiger partial charge < -0.3 is 5.32 Å². The van der Waals surface area contributed by atoms with Crippen LogP contribution in [0.15, 0.2) is 0 Å². The second-order valence-corrected chi connectivity index (χ2v) is 5.38. The summed E-state index contributed by atoms with van der Waals surface area (Å²) < 4.78 is 0. The van der Waals surface area contributed by atoms with Crippen LogP contribution in [-0.2, 0) is 0 Å². The predicted octanol–water partition coefficient (Wildman–Crippen LogP) is 1.61. The van der Waals surface area contributed by atoms with E-state index in [1.165, 1.54) is 45.2 Å². The van der Waals surface area contributed by atoms with Crippen molar-refractivity contribution in [2.24, 2.45) is 5.92 Å². The molecule has 0 radical (unpaired) electrons. The Morgan fingerprint density at radius 1 is 1.14 bits per heavy atom. The lowest BCUT2D eigenvalue weighted by molar-refractivity contribution is 0.159. The van der Waals surface area contributed by atoms with Crippen LogP contribution in [0.4, 0.5) is 0 Å². The molecule has 80 valence electrons. The number of hydrogen-bond acceptors (Lipinski definition) is 2. The summed E-state index contributed by atoms with van der Waals surface area (Å²) in [6.07, 6.45) is 7.19. The summed E-state index contributed by atoms with van der Waals surface area (Å²) >= 11 is 0. The Morgan fingerprint density at radius 3 is 3.00 bits per heavy atom. The molecular formula is C12H22N2. The van der Waals surface area contributed by atoms with Crippen LogP contribution in [0.1, 0.15) is 39.0 Å². The molecule has 3 aliphatic rings. The third-order valence-electron chi connectivity index (χ3n) is 4.75. The molecule has 0 aromatic carbocycles. The topological polar surface area (TPSA) is 15.3 Å². The molecule has 2 aliphatic heterocycles. The molecule has 1 saturated carbocycles. The lowest BCUT2D eigenvalue weighted by atomic mass is 9.95. The quantitative estimate of drug-likeness (QED) is 0.630. The Hall–Kier alpha value is -0.0800. The van der Waals surface area contributed by atoms with Gasteiger partial charge in [-0.05, 0) is 45.1 Å². The SMILES string of the molecule is CC1C2CCCC2NCC2CCCN21. The van der Waals surface area contributed by atoms with Gasteiger partial charge in [-0.25, -0.2) is 0 Å². The highest BCUT2D eigenvalue weighted by Crippen LogP contribution is 2.35. The molecule has 2 saturated heterocycles. The van der Waals surface area contributed by atoms with Gasteiger partial charge in [-0.3, -0.25) is 4.90 Å². The van der Waals surface area contributed by atoms with Crippen molar-refractivity contribution in [3.8, 4) is 0 Å². The fourth-order valence-corrected chi connectivity index (χ4v) is 3.97. The van der Waals surface area contributed by atoms with Crippen LogP contribution in [0.2, 0.25) is 0 Å². The smallest absolute Gasteiger partial charge is 0.0224 e. The van der Waals surface area contributed by atoms with Crippen molar-refractivity contribution < 1.29 is 0 Å². The van der Waals surface area contributed by atoms with E-state index in [0.717, 1.165) is 24.0 Å². The molecule has 3 rings (SSSR count). The van der Waals surface area contributed by atoms with Crippen LogP contribution in [0.5, 0.6) is 0 Å². The molecule has 2 heteroatoms. The summed E-state index contributed by atoms with van der Waals surface area (Å²) in [6.45, 7) is 5.08. The molecule has 2 nitrogen and oxygen atoms in total. The maximum Gasteiger partial charge on any atom is 0.0224 e. The van der Waals surface area contributed by atoms with Gasteiger partial charge in [0.2, 0.25) is 0 Å². The van der Waals surface area contributed by atoms with E-state index in [0.29, 0.717) is 0 Å². The van der Waals surface area contributed by atoms with Gasteiger partial charge in [0.15, 0.2) is 0 Å². The van der Waals surface area contributed by atoms with E-state index in [-0.39, 0.29) is 0 Å². The fraction of sp³-hybridized carbons (Fsp3) is 1.00. The monoisotopic (exact) mass is 194 g/mol. The first-order chi connectivity index (χ1) is 6.86. The molecule has 0 aromatic rings. The summed E-state index contributed by atoms with van der Waals surface area (Å²) in [5.74, 6) is 0.943. The molecule has 0 bridgehead atoms. The second kappa shape index (κ2) is 3.49. The summed E-state index contributed by atoms with van der Waals surface area (Å²) in [5.41, 5.74) is 0. The fourth-order valence-electron chi connectivity index (χ4n) is 3.97. The van der Waals surface area contributed by atoms with E-state index in [4.69, 9.17) is 0 Å². The highest BCUT2D eigenvalue weighted by atomic mass is 15.2. The summed E-state index contributed by atoms with van der Waals surface area (Å²) in [5, 5.41) is 3.80. The molecule has 4 unspecified atom stereocenters. The maximum atomic E-state index is 3.80. The molecule has 1 aliphatic carbocycles. The van der Waals surface area contributed by atoms with Crippen LogP contribution >= 0.6 is 0 Å². The Bertz CT molecular complexity index is 194. The van der Waals surface area contributed by atoms with E-state index in [1.807, 2.05) is 0 Å². The van der Waals surface area contributed by atoms with Crippen LogP contribution in [0.3, 0.4) is 0 Å². The number of hydrogen-bond donors (Lipinski definition) is 1. The van der Waals surface area contributed by atoms with Gasteiger partial charge in [0.05, 0.1) is 0 Å². The lowest BCUT2D eigenvalue weighted by Crippen LogP contribution is -2.41. The van der Waals surface area contributed by atoms with E-state index < -0.39 is 0 Å². The van der Waals surface area contributed by atoms with Gasteiger partial charge in [-0.2, -0.15) is 0 Å². The third-order valence-corrected chi connectivity index (χ3v) is 4.75. The molecular weight excluding hydrogens is 172 g/mol. The molecule has 0 spiro atoms.